The molecule has 1 saturated heterocycles. The molecule has 0 saturated carbocycles. The van der Waals surface area contributed by atoms with Gasteiger partial charge >= 0.3 is 0 Å². The minimum atomic E-state index is -0.523. The van der Waals surface area contributed by atoms with Gasteiger partial charge in [-0.05, 0) is 19.9 Å². The molecule has 9 heteroatoms. The molecule has 2 N–H and O–H groups in total. The standard InChI is InChI=1S/C22H30N4O4S/c1-14-15(2)31-21(25-14)7-8-23-20(27)12-18-22(28)24-9-10-26(18)13-16-5-6-17(29-3)11-19(16)30-4/h5-6,11,18H,7-10,12-13H2,1-4H3,(H,23,27)(H,24,28)/t18-/m1/s1. The molecule has 1 aromatic heterocycles. The van der Waals surface area contributed by atoms with E-state index in [0.717, 1.165) is 16.3 Å². The molecule has 3 rings (SSSR count). The molecule has 1 aromatic carbocycles. The van der Waals surface area contributed by atoms with Crippen LogP contribution in [0.1, 0.15) is 27.6 Å². The van der Waals surface area contributed by atoms with E-state index >= 15 is 0 Å². The van der Waals surface area contributed by atoms with Crippen molar-refractivity contribution >= 4 is 23.2 Å². The molecule has 2 aromatic rings. The van der Waals surface area contributed by atoms with Gasteiger partial charge in [-0.25, -0.2) is 4.98 Å². The van der Waals surface area contributed by atoms with Crippen molar-refractivity contribution in [3.05, 3.63) is 39.3 Å². The molecule has 0 radical (unpaired) electrons. The molecule has 1 aliphatic rings. The number of amides is 2. The first-order valence-corrected chi connectivity index (χ1v) is 11.1. The fourth-order valence-electron chi connectivity index (χ4n) is 3.58. The van der Waals surface area contributed by atoms with Gasteiger partial charge in [-0.15, -0.1) is 11.3 Å². The van der Waals surface area contributed by atoms with Crippen molar-refractivity contribution in [2.45, 2.75) is 39.3 Å². The summed E-state index contributed by atoms with van der Waals surface area (Å²) in [5.74, 6) is 1.14. The summed E-state index contributed by atoms with van der Waals surface area (Å²) in [5.41, 5.74) is 1.98. The number of carbonyl (C=O) groups excluding carboxylic acids is 2. The number of nitrogens with one attached hydrogen (secondary N) is 2. The highest BCUT2D eigenvalue weighted by Crippen LogP contribution is 2.27. The maximum atomic E-state index is 12.5. The summed E-state index contributed by atoms with van der Waals surface area (Å²) in [7, 11) is 3.21. The third kappa shape index (κ3) is 5.95. The lowest BCUT2D eigenvalue weighted by Gasteiger charge is -2.35. The van der Waals surface area contributed by atoms with Crippen LogP contribution in [0.2, 0.25) is 0 Å². The highest BCUT2D eigenvalue weighted by Gasteiger charge is 2.32. The monoisotopic (exact) mass is 446 g/mol. The van der Waals surface area contributed by atoms with Crippen LogP contribution in [0.25, 0.3) is 0 Å². The van der Waals surface area contributed by atoms with E-state index in [4.69, 9.17) is 9.47 Å². The van der Waals surface area contributed by atoms with Gasteiger partial charge in [0.15, 0.2) is 0 Å². The zero-order valence-electron chi connectivity index (χ0n) is 18.5. The summed E-state index contributed by atoms with van der Waals surface area (Å²) in [6.45, 7) is 6.27. The number of benzene rings is 1. The Morgan fingerprint density at radius 3 is 2.81 bits per heavy atom. The third-order valence-electron chi connectivity index (χ3n) is 5.42. The lowest BCUT2D eigenvalue weighted by molar-refractivity contribution is -0.134. The van der Waals surface area contributed by atoms with E-state index in [0.29, 0.717) is 44.1 Å². The Morgan fingerprint density at radius 2 is 2.13 bits per heavy atom. The smallest absolute Gasteiger partial charge is 0.237 e. The summed E-state index contributed by atoms with van der Waals surface area (Å²) in [5, 5.41) is 6.81. The van der Waals surface area contributed by atoms with E-state index < -0.39 is 6.04 Å². The van der Waals surface area contributed by atoms with Crippen LogP contribution < -0.4 is 20.1 Å². The van der Waals surface area contributed by atoms with Gasteiger partial charge in [0.1, 0.15) is 11.5 Å². The van der Waals surface area contributed by atoms with Gasteiger partial charge in [-0.1, -0.05) is 6.07 Å². The maximum Gasteiger partial charge on any atom is 0.237 e. The number of carbonyl (C=O) groups is 2. The van der Waals surface area contributed by atoms with Crippen LogP contribution in [0.4, 0.5) is 0 Å². The quantitative estimate of drug-likeness (QED) is 0.611. The van der Waals surface area contributed by atoms with Crippen molar-refractivity contribution in [1.29, 1.82) is 0 Å². The van der Waals surface area contributed by atoms with Crippen molar-refractivity contribution in [1.82, 2.24) is 20.5 Å². The number of aromatic nitrogens is 1. The highest BCUT2D eigenvalue weighted by atomic mass is 32.1. The van der Waals surface area contributed by atoms with Gasteiger partial charge in [0.25, 0.3) is 0 Å². The molecular formula is C22H30N4O4S. The molecule has 8 nitrogen and oxygen atoms in total. The normalized spacial score (nSPS) is 16.6. The molecule has 31 heavy (non-hydrogen) atoms. The number of piperazine rings is 1. The van der Waals surface area contributed by atoms with Crippen molar-refractivity contribution in [3.63, 3.8) is 0 Å². The van der Waals surface area contributed by atoms with Gasteiger partial charge in [0.05, 0.1) is 37.4 Å². The van der Waals surface area contributed by atoms with E-state index in [9.17, 15) is 9.59 Å². The summed E-state index contributed by atoms with van der Waals surface area (Å²) in [4.78, 5) is 32.8. The second-order valence-corrected chi connectivity index (χ2v) is 8.80. The Hall–Kier alpha value is -2.65. The van der Waals surface area contributed by atoms with Crippen LogP contribution in [-0.2, 0) is 22.6 Å². The summed E-state index contributed by atoms with van der Waals surface area (Å²) in [6.07, 6.45) is 0.801. The molecular weight excluding hydrogens is 416 g/mol. The Bertz CT molecular complexity index is 911. The van der Waals surface area contributed by atoms with Crippen molar-refractivity contribution in [2.75, 3.05) is 33.9 Å². The Balaban J connectivity index is 1.60. The Morgan fingerprint density at radius 1 is 1.32 bits per heavy atom. The first-order chi connectivity index (χ1) is 14.9. The zero-order chi connectivity index (χ0) is 22.4. The molecule has 0 spiro atoms. The van der Waals surface area contributed by atoms with Gasteiger partial charge in [-0.2, -0.15) is 0 Å². The van der Waals surface area contributed by atoms with Crippen molar-refractivity contribution in [3.8, 4) is 11.5 Å². The lowest BCUT2D eigenvalue weighted by atomic mass is 10.1. The maximum absolute atomic E-state index is 12.5. The fourth-order valence-corrected chi connectivity index (χ4v) is 4.51. The molecule has 0 aliphatic carbocycles. The topological polar surface area (TPSA) is 92.8 Å². The molecule has 1 atom stereocenters. The van der Waals surface area contributed by atoms with Crippen molar-refractivity contribution < 1.29 is 19.1 Å². The van der Waals surface area contributed by atoms with E-state index in [-0.39, 0.29) is 18.2 Å². The van der Waals surface area contributed by atoms with E-state index in [1.807, 2.05) is 36.9 Å². The number of aryl methyl sites for hydroxylation is 2. The van der Waals surface area contributed by atoms with Gasteiger partial charge in [0.2, 0.25) is 11.8 Å². The van der Waals surface area contributed by atoms with E-state index in [1.165, 1.54) is 4.88 Å². The number of nitrogens with zero attached hydrogens (tertiary/aromatic N) is 2. The SMILES string of the molecule is COc1ccc(CN2CCNC(=O)[C@H]2CC(=O)NCCc2nc(C)c(C)s2)c(OC)c1. The van der Waals surface area contributed by atoms with Gasteiger partial charge in [0, 0.05) is 49.1 Å². The molecule has 0 bridgehead atoms. The van der Waals surface area contributed by atoms with Crippen LogP contribution in [0.3, 0.4) is 0 Å². The number of hydrogen-bond acceptors (Lipinski definition) is 7. The zero-order valence-corrected chi connectivity index (χ0v) is 19.3. The summed E-state index contributed by atoms with van der Waals surface area (Å²) >= 11 is 1.65. The van der Waals surface area contributed by atoms with Crippen LogP contribution in [0.5, 0.6) is 11.5 Å². The molecule has 2 heterocycles. The molecule has 168 valence electrons. The second kappa shape index (κ2) is 10.6. The van der Waals surface area contributed by atoms with Crippen molar-refractivity contribution in [2.24, 2.45) is 0 Å². The van der Waals surface area contributed by atoms with Gasteiger partial charge < -0.3 is 20.1 Å². The third-order valence-corrected chi connectivity index (χ3v) is 6.55. The first-order valence-electron chi connectivity index (χ1n) is 10.3. The average Bonchev–Trinajstić information content (AvgIpc) is 3.08. The van der Waals surface area contributed by atoms with E-state index in [1.54, 1.807) is 25.6 Å². The highest BCUT2D eigenvalue weighted by molar-refractivity contribution is 7.11. The number of ether oxygens (including phenoxy) is 2. The van der Waals surface area contributed by atoms with Crippen LogP contribution >= 0.6 is 11.3 Å². The van der Waals surface area contributed by atoms with Crippen LogP contribution in [0, 0.1) is 13.8 Å². The van der Waals surface area contributed by atoms with Crippen LogP contribution in [0.15, 0.2) is 18.2 Å². The molecule has 2 amide bonds. The minimum absolute atomic E-state index is 0.111. The largest absolute Gasteiger partial charge is 0.497 e. The number of rotatable bonds is 9. The Kier molecular flexibility index (Phi) is 7.86. The lowest BCUT2D eigenvalue weighted by Crippen LogP contribution is -2.56. The average molecular weight is 447 g/mol. The molecule has 1 aliphatic heterocycles. The minimum Gasteiger partial charge on any atom is -0.497 e. The molecule has 0 unspecified atom stereocenters. The predicted octanol–water partition coefficient (Wildman–Crippen LogP) is 1.83. The fraction of sp³-hybridized carbons (Fsp3) is 0.500. The summed E-state index contributed by atoms with van der Waals surface area (Å²) in [6, 6.07) is 5.10. The number of methoxy groups -OCH3 is 2. The Labute approximate surface area is 186 Å². The van der Waals surface area contributed by atoms with E-state index in [2.05, 4.69) is 15.6 Å². The first kappa shape index (κ1) is 23.0. The molecule has 1 fully saturated rings. The second-order valence-electron chi connectivity index (χ2n) is 7.51. The number of thiazole rings is 1. The van der Waals surface area contributed by atoms with Gasteiger partial charge in [-0.3, -0.25) is 14.5 Å². The van der Waals surface area contributed by atoms with Crippen LogP contribution in [-0.4, -0.2) is 61.6 Å². The predicted molar refractivity (Wildman–Crippen MR) is 120 cm³/mol. The number of hydrogen-bond donors (Lipinski definition) is 2. The summed E-state index contributed by atoms with van der Waals surface area (Å²) < 4.78 is 10.7.